The van der Waals surface area contributed by atoms with Crippen molar-refractivity contribution < 1.29 is 4.79 Å². The summed E-state index contributed by atoms with van der Waals surface area (Å²) in [5.74, 6) is 0.160. The van der Waals surface area contributed by atoms with Crippen molar-refractivity contribution in [3.05, 3.63) is 64.2 Å². The zero-order valence-corrected chi connectivity index (χ0v) is 11.9. The first-order valence-electron chi connectivity index (χ1n) is 6.87. The number of nitrogens with one attached hydrogen (secondary N) is 1. The Bertz CT molecular complexity index is 651. The van der Waals surface area contributed by atoms with Gasteiger partial charge >= 0.3 is 0 Å². The van der Waals surface area contributed by atoms with E-state index in [-0.39, 0.29) is 5.78 Å². The van der Waals surface area contributed by atoms with Gasteiger partial charge in [-0.1, -0.05) is 35.9 Å². The van der Waals surface area contributed by atoms with Crippen molar-refractivity contribution >= 4 is 23.1 Å². The summed E-state index contributed by atoms with van der Waals surface area (Å²) < 4.78 is 0. The first-order chi connectivity index (χ1) is 9.74. The van der Waals surface area contributed by atoms with Gasteiger partial charge in [0.1, 0.15) is 0 Å². The summed E-state index contributed by atoms with van der Waals surface area (Å²) in [6.45, 7) is 0.985. The maximum Gasteiger partial charge on any atom is 0.167 e. The quantitative estimate of drug-likeness (QED) is 0.860. The predicted molar refractivity (Wildman–Crippen MR) is 82.7 cm³/mol. The smallest absolute Gasteiger partial charge is 0.167 e. The van der Waals surface area contributed by atoms with Crippen LogP contribution in [0.25, 0.3) is 0 Å². The van der Waals surface area contributed by atoms with Crippen LogP contribution in [0.3, 0.4) is 0 Å². The normalized spacial score (nSPS) is 13.4. The molecule has 0 aromatic heterocycles. The van der Waals surface area contributed by atoms with Crippen LogP contribution in [0.1, 0.15) is 27.9 Å². The number of halogens is 1. The molecule has 0 fully saturated rings. The van der Waals surface area contributed by atoms with Gasteiger partial charge in [0.15, 0.2) is 5.78 Å². The van der Waals surface area contributed by atoms with E-state index in [4.69, 9.17) is 11.6 Å². The Morgan fingerprint density at radius 3 is 2.90 bits per heavy atom. The molecule has 0 radical (unpaired) electrons. The number of fused-ring (bicyclic) bond motifs is 1. The van der Waals surface area contributed by atoms with Gasteiger partial charge in [0.2, 0.25) is 0 Å². The SMILES string of the molecule is O=C(Cc1cccc(Cl)c1)c1cccc2c1CCCN2. The topological polar surface area (TPSA) is 29.1 Å². The summed E-state index contributed by atoms with van der Waals surface area (Å²) in [4.78, 5) is 12.5. The molecular weight excluding hydrogens is 270 g/mol. The van der Waals surface area contributed by atoms with Crippen LogP contribution in [0.4, 0.5) is 5.69 Å². The molecule has 3 rings (SSSR count). The minimum atomic E-state index is 0.160. The van der Waals surface area contributed by atoms with E-state index in [1.807, 2.05) is 42.5 Å². The van der Waals surface area contributed by atoms with E-state index in [1.54, 1.807) is 0 Å². The van der Waals surface area contributed by atoms with Gasteiger partial charge in [-0.05, 0) is 42.2 Å². The summed E-state index contributed by atoms with van der Waals surface area (Å²) in [6.07, 6.45) is 2.45. The maximum absolute atomic E-state index is 12.5. The number of Topliss-reactive ketones (excluding diaryl/α,β-unsaturated/α-hetero) is 1. The Morgan fingerprint density at radius 1 is 1.20 bits per heavy atom. The summed E-state index contributed by atoms with van der Waals surface area (Å²) in [7, 11) is 0. The maximum atomic E-state index is 12.5. The molecule has 0 aliphatic carbocycles. The molecule has 0 spiro atoms. The number of hydrogen-bond acceptors (Lipinski definition) is 2. The van der Waals surface area contributed by atoms with Crippen LogP contribution in [-0.4, -0.2) is 12.3 Å². The van der Waals surface area contributed by atoms with Gasteiger partial charge in [0.25, 0.3) is 0 Å². The minimum Gasteiger partial charge on any atom is -0.385 e. The van der Waals surface area contributed by atoms with Gasteiger partial charge in [-0.2, -0.15) is 0 Å². The van der Waals surface area contributed by atoms with Crippen LogP contribution in [0.5, 0.6) is 0 Å². The molecule has 2 aromatic carbocycles. The first-order valence-corrected chi connectivity index (χ1v) is 7.25. The highest BCUT2D eigenvalue weighted by Crippen LogP contribution is 2.26. The Kier molecular flexibility index (Phi) is 3.75. The monoisotopic (exact) mass is 285 g/mol. The second-order valence-corrected chi connectivity index (χ2v) is 5.53. The lowest BCUT2D eigenvalue weighted by Crippen LogP contribution is -2.16. The molecule has 1 aliphatic rings. The Morgan fingerprint density at radius 2 is 2.05 bits per heavy atom. The van der Waals surface area contributed by atoms with Crippen LogP contribution in [0, 0.1) is 0 Å². The van der Waals surface area contributed by atoms with Crippen molar-refractivity contribution in [1.82, 2.24) is 0 Å². The second kappa shape index (κ2) is 5.68. The highest BCUT2D eigenvalue weighted by Gasteiger charge is 2.17. The molecule has 1 aliphatic heterocycles. The van der Waals surface area contributed by atoms with Crippen molar-refractivity contribution in [2.24, 2.45) is 0 Å². The molecular formula is C17H16ClNO. The number of anilines is 1. The summed E-state index contributed by atoms with van der Waals surface area (Å²) in [6, 6.07) is 13.4. The third-order valence-electron chi connectivity index (χ3n) is 3.65. The van der Waals surface area contributed by atoms with Crippen molar-refractivity contribution in [2.45, 2.75) is 19.3 Å². The Balaban J connectivity index is 1.88. The second-order valence-electron chi connectivity index (χ2n) is 5.09. The van der Waals surface area contributed by atoms with E-state index in [0.717, 1.165) is 41.8 Å². The molecule has 0 saturated heterocycles. The largest absolute Gasteiger partial charge is 0.385 e. The summed E-state index contributed by atoms with van der Waals surface area (Å²) in [5.41, 5.74) is 4.07. The zero-order chi connectivity index (χ0) is 13.9. The molecule has 1 heterocycles. The van der Waals surface area contributed by atoms with Gasteiger partial charge in [-0.3, -0.25) is 4.79 Å². The first kappa shape index (κ1) is 13.2. The fourth-order valence-corrected chi connectivity index (χ4v) is 2.91. The van der Waals surface area contributed by atoms with Gasteiger partial charge < -0.3 is 5.32 Å². The molecule has 3 heteroatoms. The Labute approximate surface area is 123 Å². The highest BCUT2D eigenvalue weighted by atomic mass is 35.5. The number of benzene rings is 2. The lowest BCUT2D eigenvalue weighted by atomic mass is 9.93. The third-order valence-corrected chi connectivity index (χ3v) is 3.88. The molecule has 2 aromatic rings. The average molecular weight is 286 g/mol. The van der Waals surface area contributed by atoms with Crippen LogP contribution in [0.15, 0.2) is 42.5 Å². The highest BCUT2D eigenvalue weighted by molar-refractivity contribution is 6.30. The van der Waals surface area contributed by atoms with Gasteiger partial charge in [-0.25, -0.2) is 0 Å². The van der Waals surface area contributed by atoms with E-state index < -0.39 is 0 Å². The molecule has 0 unspecified atom stereocenters. The zero-order valence-electron chi connectivity index (χ0n) is 11.2. The molecule has 0 atom stereocenters. The van der Waals surface area contributed by atoms with Crippen LogP contribution in [-0.2, 0) is 12.8 Å². The fourth-order valence-electron chi connectivity index (χ4n) is 2.70. The molecule has 20 heavy (non-hydrogen) atoms. The minimum absolute atomic E-state index is 0.160. The number of ketones is 1. The lowest BCUT2D eigenvalue weighted by molar-refractivity contribution is 0.0992. The van der Waals surface area contributed by atoms with E-state index in [2.05, 4.69) is 5.32 Å². The number of carbonyl (C=O) groups is 1. The Hall–Kier alpha value is -1.80. The van der Waals surface area contributed by atoms with Crippen LogP contribution < -0.4 is 5.32 Å². The lowest BCUT2D eigenvalue weighted by Gasteiger charge is -2.20. The molecule has 0 saturated carbocycles. The molecule has 2 nitrogen and oxygen atoms in total. The molecule has 102 valence electrons. The van der Waals surface area contributed by atoms with Crippen LogP contribution >= 0.6 is 11.6 Å². The summed E-state index contributed by atoms with van der Waals surface area (Å²) >= 11 is 5.97. The number of hydrogen-bond donors (Lipinski definition) is 1. The third kappa shape index (κ3) is 2.70. The van der Waals surface area contributed by atoms with Gasteiger partial charge in [0.05, 0.1) is 0 Å². The predicted octanol–water partition coefficient (Wildman–Crippen LogP) is 4.12. The fraction of sp³-hybridized carbons (Fsp3) is 0.235. The van der Waals surface area contributed by atoms with Gasteiger partial charge in [0, 0.05) is 29.2 Å². The summed E-state index contributed by atoms with van der Waals surface area (Å²) in [5, 5.41) is 4.03. The molecule has 0 bridgehead atoms. The van der Waals surface area contributed by atoms with Crippen molar-refractivity contribution in [1.29, 1.82) is 0 Å². The average Bonchev–Trinajstić information content (AvgIpc) is 2.46. The molecule has 0 amide bonds. The number of rotatable bonds is 3. The number of carbonyl (C=O) groups excluding carboxylic acids is 1. The van der Waals surface area contributed by atoms with E-state index in [1.165, 1.54) is 0 Å². The standard InChI is InChI=1S/C17H16ClNO/c18-13-5-1-4-12(10-13)11-17(20)15-6-2-8-16-14(15)7-3-9-19-16/h1-2,4-6,8,10,19H,3,7,9,11H2. The molecule has 1 N–H and O–H groups in total. The van der Waals surface area contributed by atoms with Gasteiger partial charge in [-0.15, -0.1) is 0 Å². The van der Waals surface area contributed by atoms with E-state index >= 15 is 0 Å². The van der Waals surface area contributed by atoms with Crippen LogP contribution in [0.2, 0.25) is 5.02 Å². The van der Waals surface area contributed by atoms with Crippen molar-refractivity contribution in [3.63, 3.8) is 0 Å². The van der Waals surface area contributed by atoms with Crippen molar-refractivity contribution in [3.8, 4) is 0 Å². The van der Waals surface area contributed by atoms with E-state index in [0.29, 0.717) is 11.4 Å². The van der Waals surface area contributed by atoms with E-state index in [9.17, 15) is 4.79 Å². The van der Waals surface area contributed by atoms with Crippen molar-refractivity contribution in [2.75, 3.05) is 11.9 Å².